The Morgan fingerprint density at radius 3 is 3.07 bits per heavy atom. The fourth-order valence-electron chi connectivity index (χ4n) is 1.46. The van der Waals surface area contributed by atoms with E-state index in [0.29, 0.717) is 11.5 Å². The largest absolute Gasteiger partial charge is 0.307 e. The van der Waals surface area contributed by atoms with Crippen LogP contribution in [-0.4, -0.2) is 27.2 Å². The Balaban J connectivity index is 2.14. The lowest BCUT2D eigenvalue weighted by molar-refractivity contribution is 0.554. The number of halogens is 1. The van der Waals surface area contributed by atoms with Crippen LogP contribution in [0.2, 0.25) is 0 Å². The van der Waals surface area contributed by atoms with E-state index in [9.17, 15) is 8.60 Å². The van der Waals surface area contributed by atoms with Crippen LogP contribution in [0.1, 0.15) is 11.7 Å². The number of pyridine rings is 1. The normalized spacial score (nSPS) is 27.5. The Hall–Kier alpha value is -0.810. The monoisotopic (exact) mass is 214 g/mol. The second-order valence-corrected chi connectivity index (χ2v) is 4.84. The van der Waals surface area contributed by atoms with E-state index in [-0.39, 0.29) is 11.9 Å². The molecule has 0 amide bonds. The van der Waals surface area contributed by atoms with Gasteiger partial charge in [0, 0.05) is 28.9 Å². The van der Waals surface area contributed by atoms with Gasteiger partial charge >= 0.3 is 0 Å². The minimum atomic E-state index is -0.772. The van der Waals surface area contributed by atoms with Gasteiger partial charge in [-0.2, -0.15) is 0 Å². The fraction of sp³-hybridized carbons (Fsp3) is 0.444. The average molecular weight is 214 g/mol. The zero-order valence-electron chi connectivity index (χ0n) is 7.57. The molecule has 2 heterocycles. The standard InChI is InChI=1S/C9H11FN2OS/c10-7-1-2-8(12-5-7)9-6-14(13)4-3-11-9/h1-2,5,9,11H,3-4,6H2. The van der Waals surface area contributed by atoms with E-state index in [1.165, 1.54) is 12.3 Å². The molecule has 1 fully saturated rings. The molecule has 1 aliphatic heterocycles. The first-order valence-corrected chi connectivity index (χ1v) is 5.94. The molecular weight excluding hydrogens is 203 g/mol. The second-order valence-electron chi connectivity index (χ2n) is 3.22. The molecule has 0 spiro atoms. The van der Waals surface area contributed by atoms with Crippen molar-refractivity contribution in [2.45, 2.75) is 6.04 Å². The van der Waals surface area contributed by atoms with Gasteiger partial charge in [0.05, 0.1) is 17.9 Å². The molecule has 5 heteroatoms. The van der Waals surface area contributed by atoms with E-state index in [2.05, 4.69) is 10.3 Å². The minimum Gasteiger partial charge on any atom is -0.307 e. The minimum absolute atomic E-state index is 0.00480. The van der Waals surface area contributed by atoms with Gasteiger partial charge in [-0.25, -0.2) is 4.39 Å². The molecule has 2 atom stereocenters. The lowest BCUT2D eigenvalue weighted by Gasteiger charge is -2.22. The molecule has 0 aliphatic carbocycles. The van der Waals surface area contributed by atoms with Crippen LogP contribution in [0.15, 0.2) is 18.3 Å². The topological polar surface area (TPSA) is 42.0 Å². The van der Waals surface area contributed by atoms with Gasteiger partial charge in [-0.15, -0.1) is 0 Å². The molecule has 2 rings (SSSR count). The highest BCUT2D eigenvalue weighted by molar-refractivity contribution is 7.85. The summed E-state index contributed by atoms with van der Waals surface area (Å²) >= 11 is 0. The number of nitrogens with zero attached hydrogens (tertiary/aromatic N) is 1. The number of hydrogen-bond donors (Lipinski definition) is 1. The zero-order valence-corrected chi connectivity index (χ0v) is 8.39. The van der Waals surface area contributed by atoms with E-state index in [4.69, 9.17) is 0 Å². The van der Waals surface area contributed by atoms with Crippen molar-refractivity contribution >= 4 is 10.8 Å². The third-order valence-corrected chi connectivity index (χ3v) is 3.54. The van der Waals surface area contributed by atoms with Crippen LogP contribution < -0.4 is 5.32 Å². The summed E-state index contributed by atoms with van der Waals surface area (Å²) in [5.41, 5.74) is 0.763. The van der Waals surface area contributed by atoms with Crippen LogP contribution in [0.4, 0.5) is 4.39 Å². The molecule has 76 valence electrons. The first-order valence-electron chi connectivity index (χ1n) is 4.45. The number of aromatic nitrogens is 1. The highest BCUT2D eigenvalue weighted by Gasteiger charge is 2.20. The molecule has 0 saturated carbocycles. The number of nitrogens with one attached hydrogen (secondary N) is 1. The molecule has 14 heavy (non-hydrogen) atoms. The highest BCUT2D eigenvalue weighted by Crippen LogP contribution is 2.14. The Labute approximate surface area is 84.2 Å². The van der Waals surface area contributed by atoms with Gasteiger partial charge < -0.3 is 5.32 Å². The summed E-state index contributed by atoms with van der Waals surface area (Å²) in [7, 11) is -0.772. The summed E-state index contributed by atoms with van der Waals surface area (Å²) in [6.45, 7) is 0.732. The van der Waals surface area contributed by atoms with Crippen LogP contribution in [0, 0.1) is 5.82 Å². The van der Waals surface area contributed by atoms with Crippen LogP contribution in [0.3, 0.4) is 0 Å². The highest BCUT2D eigenvalue weighted by atomic mass is 32.2. The van der Waals surface area contributed by atoms with Crippen molar-refractivity contribution in [3.63, 3.8) is 0 Å². The maximum Gasteiger partial charge on any atom is 0.141 e. The molecule has 1 aliphatic rings. The van der Waals surface area contributed by atoms with Gasteiger partial charge in [0.15, 0.2) is 0 Å². The summed E-state index contributed by atoms with van der Waals surface area (Å²) < 4.78 is 23.9. The van der Waals surface area contributed by atoms with Gasteiger partial charge in [-0.05, 0) is 12.1 Å². The van der Waals surface area contributed by atoms with Crippen molar-refractivity contribution in [1.29, 1.82) is 0 Å². The van der Waals surface area contributed by atoms with Crippen molar-refractivity contribution in [2.24, 2.45) is 0 Å². The summed E-state index contributed by atoms with van der Waals surface area (Å²) in [5, 5.41) is 3.21. The van der Waals surface area contributed by atoms with Crippen LogP contribution in [0.25, 0.3) is 0 Å². The number of hydrogen-bond acceptors (Lipinski definition) is 3. The van der Waals surface area contributed by atoms with Crippen molar-refractivity contribution in [3.05, 3.63) is 29.8 Å². The van der Waals surface area contributed by atoms with Crippen LogP contribution >= 0.6 is 0 Å². The van der Waals surface area contributed by atoms with E-state index in [1.807, 2.05) is 0 Å². The van der Waals surface area contributed by atoms with Gasteiger partial charge in [-0.3, -0.25) is 9.19 Å². The average Bonchev–Trinajstić information content (AvgIpc) is 2.19. The number of rotatable bonds is 1. The van der Waals surface area contributed by atoms with Gasteiger partial charge in [0.25, 0.3) is 0 Å². The predicted molar refractivity (Wildman–Crippen MR) is 52.8 cm³/mol. The van der Waals surface area contributed by atoms with Crippen molar-refractivity contribution in [1.82, 2.24) is 10.3 Å². The third-order valence-electron chi connectivity index (χ3n) is 2.18. The van der Waals surface area contributed by atoms with E-state index in [0.717, 1.165) is 12.2 Å². The molecule has 3 nitrogen and oxygen atoms in total. The molecule has 1 aromatic rings. The van der Waals surface area contributed by atoms with E-state index >= 15 is 0 Å². The van der Waals surface area contributed by atoms with Crippen molar-refractivity contribution < 1.29 is 8.60 Å². The lowest BCUT2D eigenvalue weighted by atomic mass is 10.2. The quantitative estimate of drug-likeness (QED) is 0.745. The molecule has 0 radical (unpaired) electrons. The summed E-state index contributed by atoms with van der Waals surface area (Å²) in [6, 6.07) is 3.02. The molecular formula is C9H11FN2OS. The Kier molecular flexibility index (Phi) is 2.88. The van der Waals surface area contributed by atoms with Crippen molar-refractivity contribution in [3.8, 4) is 0 Å². The molecule has 0 bridgehead atoms. The molecule has 1 aromatic heterocycles. The van der Waals surface area contributed by atoms with Crippen molar-refractivity contribution in [2.75, 3.05) is 18.1 Å². The van der Waals surface area contributed by atoms with Crippen LogP contribution in [0.5, 0.6) is 0 Å². The van der Waals surface area contributed by atoms with Gasteiger partial charge in [0.2, 0.25) is 0 Å². The maximum atomic E-state index is 12.6. The third kappa shape index (κ3) is 2.16. The first-order chi connectivity index (χ1) is 6.75. The maximum absolute atomic E-state index is 12.6. The molecule has 1 N–H and O–H groups in total. The smallest absolute Gasteiger partial charge is 0.141 e. The SMILES string of the molecule is O=S1CCNC(c2ccc(F)cn2)C1. The Morgan fingerprint density at radius 1 is 1.57 bits per heavy atom. The van der Waals surface area contributed by atoms with E-state index in [1.54, 1.807) is 6.07 Å². The van der Waals surface area contributed by atoms with E-state index < -0.39 is 10.8 Å². The summed E-state index contributed by atoms with van der Waals surface area (Å²) in [5.74, 6) is 0.918. The second kappa shape index (κ2) is 4.14. The summed E-state index contributed by atoms with van der Waals surface area (Å²) in [6.07, 6.45) is 1.19. The van der Waals surface area contributed by atoms with Gasteiger partial charge in [-0.1, -0.05) is 0 Å². The molecule has 0 aromatic carbocycles. The Morgan fingerprint density at radius 2 is 2.43 bits per heavy atom. The predicted octanol–water partition coefficient (Wildman–Crippen LogP) is 0.614. The Bertz CT molecular complexity index is 341. The lowest BCUT2D eigenvalue weighted by Crippen LogP contribution is -2.36. The summed E-state index contributed by atoms with van der Waals surface area (Å²) in [4.78, 5) is 3.96. The first kappa shape index (κ1) is 9.73. The molecule has 2 unspecified atom stereocenters. The molecule has 1 saturated heterocycles. The fourth-order valence-corrected chi connectivity index (χ4v) is 2.63. The zero-order chi connectivity index (χ0) is 9.97. The van der Waals surface area contributed by atoms with Gasteiger partial charge in [0.1, 0.15) is 5.82 Å². The van der Waals surface area contributed by atoms with Crippen LogP contribution in [-0.2, 0) is 10.8 Å².